The fourth-order valence-electron chi connectivity index (χ4n) is 3.71. The van der Waals surface area contributed by atoms with Gasteiger partial charge in [0.25, 0.3) is 0 Å². The molecular weight excluding hydrogens is 416 g/mol. The Hall–Kier alpha value is -3.25. The molecule has 0 aliphatic heterocycles. The van der Waals surface area contributed by atoms with Crippen LogP contribution in [0.15, 0.2) is 126 Å². The molecule has 4 nitrogen and oxygen atoms in total. The molecule has 0 radical (unpaired) electrons. The number of sulfonamides is 1. The maximum absolute atomic E-state index is 12.9. The van der Waals surface area contributed by atoms with Crippen LogP contribution < -0.4 is 10.0 Å². The van der Waals surface area contributed by atoms with Gasteiger partial charge in [-0.2, -0.15) is 0 Å². The Morgan fingerprint density at radius 2 is 0.969 bits per heavy atom. The zero-order valence-corrected chi connectivity index (χ0v) is 18.5. The minimum absolute atomic E-state index is 0.0937. The Morgan fingerprint density at radius 3 is 1.44 bits per heavy atom. The Kier molecular flexibility index (Phi) is 7.12. The zero-order valence-electron chi connectivity index (χ0n) is 17.6. The summed E-state index contributed by atoms with van der Waals surface area (Å²) in [4.78, 5) is 0.259. The first-order chi connectivity index (χ1) is 15.6. The maximum atomic E-state index is 12.9. The van der Waals surface area contributed by atoms with E-state index >= 15 is 0 Å². The van der Waals surface area contributed by atoms with E-state index in [1.54, 1.807) is 30.3 Å². The van der Waals surface area contributed by atoms with Crippen molar-refractivity contribution in [2.45, 2.75) is 17.0 Å². The van der Waals surface area contributed by atoms with Crippen molar-refractivity contribution in [1.29, 1.82) is 0 Å². The van der Waals surface area contributed by atoms with Crippen LogP contribution in [0.1, 0.15) is 28.8 Å². The molecule has 0 aliphatic carbocycles. The summed E-state index contributed by atoms with van der Waals surface area (Å²) in [5, 5.41) is 3.70. The second kappa shape index (κ2) is 10.4. The predicted molar refractivity (Wildman–Crippen MR) is 129 cm³/mol. The van der Waals surface area contributed by atoms with Crippen LogP contribution in [-0.2, 0) is 10.0 Å². The van der Waals surface area contributed by atoms with Crippen molar-refractivity contribution in [3.05, 3.63) is 138 Å². The van der Waals surface area contributed by atoms with Gasteiger partial charge in [-0.1, -0.05) is 109 Å². The average Bonchev–Trinajstić information content (AvgIpc) is 2.86. The molecule has 4 aromatic rings. The molecule has 5 heteroatoms. The molecular formula is C27H26N2O2S. The van der Waals surface area contributed by atoms with E-state index in [0.29, 0.717) is 0 Å². The zero-order chi connectivity index (χ0) is 22.2. The van der Waals surface area contributed by atoms with Crippen molar-refractivity contribution in [2.75, 3.05) is 6.54 Å². The van der Waals surface area contributed by atoms with Crippen LogP contribution in [0.25, 0.3) is 0 Å². The van der Waals surface area contributed by atoms with Crippen LogP contribution >= 0.6 is 0 Å². The summed E-state index contributed by atoms with van der Waals surface area (Å²) in [6.07, 6.45) is 0. The molecule has 32 heavy (non-hydrogen) atoms. The van der Waals surface area contributed by atoms with Crippen LogP contribution in [0.3, 0.4) is 0 Å². The van der Waals surface area contributed by atoms with Gasteiger partial charge in [0.05, 0.1) is 10.9 Å². The van der Waals surface area contributed by atoms with Gasteiger partial charge in [-0.05, 0) is 28.8 Å². The van der Waals surface area contributed by atoms with Gasteiger partial charge in [0.1, 0.15) is 0 Å². The Labute approximate surface area is 190 Å². The van der Waals surface area contributed by atoms with Gasteiger partial charge in [0, 0.05) is 12.6 Å². The molecule has 0 saturated carbocycles. The lowest BCUT2D eigenvalue weighted by Crippen LogP contribution is -2.37. The van der Waals surface area contributed by atoms with Gasteiger partial charge < -0.3 is 0 Å². The van der Waals surface area contributed by atoms with Gasteiger partial charge in [-0.3, -0.25) is 5.32 Å². The van der Waals surface area contributed by atoms with Crippen LogP contribution in [0, 0.1) is 0 Å². The SMILES string of the molecule is O=S(=O)(NCC(NC(c1ccccc1)c1ccccc1)c1ccccc1)c1ccccc1. The van der Waals surface area contributed by atoms with Crippen LogP contribution in [0.5, 0.6) is 0 Å². The number of rotatable bonds is 9. The van der Waals surface area contributed by atoms with Crippen LogP contribution in [0.4, 0.5) is 0 Å². The molecule has 0 aromatic heterocycles. The highest BCUT2D eigenvalue weighted by Gasteiger charge is 2.22. The molecule has 2 N–H and O–H groups in total. The second-order valence-electron chi connectivity index (χ2n) is 7.55. The van der Waals surface area contributed by atoms with Crippen molar-refractivity contribution in [1.82, 2.24) is 10.0 Å². The normalized spacial score (nSPS) is 12.5. The summed E-state index contributed by atoms with van der Waals surface area (Å²) in [6.45, 7) is 0.220. The molecule has 0 aliphatic rings. The molecule has 0 spiro atoms. The van der Waals surface area contributed by atoms with E-state index < -0.39 is 10.0 Å². The summed E-state index contributed by atoms with van der Waals surface area (Å²) in [6, 6.07) is 38.4. The Balaban J connectivity index is 1.64. The smallest absolute Gasteiger partial charge is 0.240 e. The summed E-state index contributed by atoms with van der Waals surface area (Å²) < 4.78 is 28.5. The third-order valence-electron chi connectivity index (χ3n) is 5.37. The largest absolute Gasteiger partial charge is 0.298 e. The molecule has 4 rings (SSSR count). The molecule has 1 unspecified atom stereocenters. The van der Waals surface area contributed by atoms with E-state index in [2.05, 4.69) is 34.3 Å². The molecule has 0 heterocycles. The quantitative estimate of drug-likeness (QED) is 0.380. The first-order valence-electron chi connectivity index (χ1n) is 10.6. The van der Waals surface area contributed by atoms with Gasteiger partial charge in [-0.15, -0.1) is 0 Å². The molecule has 4 aromatic carbocycles. The minimum atomic E-state index is -3.62. The second-order valence-corrected chi connectivity index (χ2v) is 9.32. The molecule has 0 amide bonds. The molecule has 162 valence electrons. The van der Waals surface area contributed by atoms with Crippen molar-refractivity contribution in [3.63, 3.8) is 0 Å². The van der Waals surface area contributed by atoms with E-state index in [1.165, 1.54) is 0 Å². The first-order valence-corrected chi connectivity index (χ1v) is 12.1. The summed E-state index contributed by atoms with van der Waals surface area (Å²) in [5.74, 6) is 0. The van der Waals surface area contributed by atoms with Gasteiger partial charge >= 0.3 is 0 Å². The maximum Gasteiger partial charge on any atom is 0.240 e. The highest BCUT2D eigenvalue weighted by Crippen LogP contribution is 2.26. The topological polar surface area (TPSA) is 58.2 Å². The van der Waals surface area contributed by atoms with Gasteiger partial charge in [0.2, 0.25) is 10.0 Å². The Morgan fingerprint density at radius 1 is 0.562 bits per heavy atom. The Bertz CT molecular complexity index is 1160. The lowest BCUT2D eigenvalue weighted by Gasteiger charge is -2.27. The van der Waals surface area contributed by atoms with Crippen molar-refractivity contribution < 1.29 is 8.42 Å². The molecule has 1 atom stereocenters. The van der Waals surface area contributed by atoms with Crippen molar-refractivity contribution in [3.8, 4) is 0 Å². The average molecular weight is 443 g/mol. The first kappa shape index (κ1) is 22.0. The highest BCUT2D eigenvalue weighted by atomic mass is 32.2. The lowest BCUT2D eigenvalue weighted by molar-refractivity contribution is 0.475. The van der Waals surface area contributed by atoms with E-state index in [9.17, 15) is 8.42 Å². The molecule has 0 bridgehead atoms. The number of benzene rings is 4. The van der Waals surface area contributed by atoms with Crippen molar-refractivity contribution >= 4 is 10.0 Å². The van der Waals surface area contributed by atoms with Gasteiger partial charge in [0.15, 0.2) is 0 Å². The fraction of sp³-hybridized carbons (Fsp3) is 0.111. The highest BCUT2D eigenvalue weighted by molar-refractivity contribution is 7.89. The van der Waals surface area contributed by atoms with Crippen LogP contribution in [-0.4, -0.2) is 15.0 Å². The number of nitrogens with one attached hydrogen (secondary N) is 2. The number of hydrogen-bond acceptors (Lipinski definition) is 3. The minimum Gasteiger partial charge on any atom is -0.298 e. The van der Waals surface area contributed by atoms with Crippen molar-refractivity contribution in [2.24, 2.45) is 0 Å². The van der Waals surface area contributed by atoms with E-state index in [-0.39, 0.29) is 23.5 Å². The van der Waals surface area contributed by atoms with E-state index in [0.717, 1.165) is 16.7 Å². The number of hydrogen-bond donors (Lipinski definition) is 2. The third kappa shape index (κ3) is 5.51. The van der Waals surface area contributed by atoms with E-state index in [1.807, 2.05) is 66.7 Å². The standard InChI is InChI=1S/C27H26N2O2S/c30-32(31,25-19-11-4-12-20-25)28-21-26(22-13-5-1-6-14-22)29-27(23-15-7-2-8-16-23)24-17-9-3-10-18-24/h1-20,26-29H,21H2. The van der Waals surface area contributed by atoms with Gasteiger partial charge in [-0.25, -0.2) is 13.1 Å². The molecule has 0 saturated heterocycles. The predicted octanol–water partition coefficient (Wildman–Crippen LogP) is 5.09. The van der Waals surface area contributed by atoms with Crippen LogP contribution in [0.2, 0.25) is 0 Å². The lowest BCUT2D eigenvalue weighted by atomic mass is 9.96. The van der Waals surface area contributed by atoms with E-state index in [4.69, 9.17) is 0 Å². The fourth-order valence-corrected chi connectivity index (χ4v) is 4.78. The molecule has 0 fully saturated rings. The monoisotopic (exact) mass is 442 g/mol. The summed E-state index contributed by atoms with van der Waals surface area (Å²) in [5.41, 5.74) is 3.25. The summed E-state index contributed by atoms with van der Waals surface area (Å²) >= 11 is 0. The third-order valence-corrected chi connectivity index (χ3v) is 6.81. The summed E-state index contributed by atoms with van der Waals surface area (Å²) in [7, 11) is -3.62.